The van der Waals surface area contributed by atoms with Crippen molar-refractivity contribution in [2.75, 3.05) is 18.9 Å². The van der Waals surface area contributed by atoms with Crippen molar-refractivity contribution < 1.29 is 18.8 Å². The van der Waals surface area contributed by atoms with Crippen LogP contribution in [0.2, 0.25) is 5.15 Å². The van der Waals surface area contributed by atoms with Gasteiger partial charge in [0.2, 0.25) is 0 Å². The summed E-state index contributed by atoms with van der Waals surface area (Å²) in [7, 11) is -0.742. The zero-order chi connectivity index (χ0) is 27.1. The fourth-order valence-corrected chi connectivity index (χ4v) is 4.83. The summed E-state index contributed by atoms with van der Waals surface area (Å²) < 4.78 is 18.1. The standard InChI is InChI=1S/C28H30BClN4O4/c1-27(2)28(3,4)38-29(37-27)17(13-23-25(31)32-15-24(30)34-23)14-33-26(35)36-16-22-20-11-7-5-9-18(20)19-10-6-8-12-21(19)22/h5-13,15,22H,14,16H2,1-4H3,(H2,31,32)(H,33,35). The molecule has 38 heavy (non-hydrogen) atoms. The van der Waals surface area contributed by atoms with E-state index in [0.29, 0.717) is 11.2 Å². The molecular formula is C28H30BClN4O4. The smallest absolute Gasteiger partial charge is 0.449 e. The first-order valence-corrected chi connectivity index (χ1v) is 12.9. The molecule has 3 N–H and O–H groups in total. The van der Waals surface area contributed by atoms with Gasteiger partial charge >= 0.3 is 13.2 Å². The second-order valence-electron chi connectivity index (χ2n) is 10.4. The monoisotopic (exact) mass is 532 g/mol. The number of hydrogen-bond acceptors (Lipinski definition) is 7. The number of nitrogens with two attached hydrogens (primary N) is 1. The number of nitrogens with one attached hydrogen (secondary N) is 1. The lowest BCUT2D eigenvalue weighted by molar-refractivity contribution is 0.00578. The Kier molecular flexibility index (Phi) is 6.94. The number of rotatable bonds is 6. The van der Waals surface area contributed by atoms with Gasteiger partial charge in [0, 0.05) is 12.5 Å². The molecule has 196 valence electrons. The van der Waals surface area contributed by atoms with Crippen molar-refractivity contribution in [3.8, 4) is 11.1 Å². The minimum Gasteiger partial charge on any atom is -0.449 e. The number of anilines is 1. The van der Waals surface area contributed by atoms with Crippen LogP contribution in [0.5, 0.6) is 0 Å². The van der Waals surface area contributed by atoms with E-state index in [9.17, 15) is 4.79 Å². The molecule has 0 unspecified atom stereocenters. The number of halogens is 1. The van der Waals surface area contributed by atoms with Gasteiger partial charge < -0.3 is 25.1 Å². The van der Waals surface area contributed by atoms with Gasteiger partial charge in [-0.1, -0.05) is 60.1 Å². The Labute approximate surface area is 227 Å². The Morgan fingerprint density at radius 1 is 1.08 bits per heavy atom. The van der Waals surface area contributed by atoms with Crippen LogP contribution in [-0.2, 0) is 14.0 Å². The number of benzene rings is 2. The van der Waals surface area contributed by atoms with Gasteiger partial charge in [-0.2, -0.15) is 0 Å². The molecule has 0 bridgehead atoms. The van der Waals surface area contributed by atoms with Gasteiger partial charge in [-0.15, -0.1) is 0 Å². The lowest BCUT2D eigenvalue weighted by Crippen LogP contribution is -2.41. The number of carbonyl (C=O) groups excluding carboxylic acids is 1. The van der Waals surface area contributed by atoms with Crippen molar-refractivity contribution >= 4 is 36.7 Å². The maximum atomic E-state index is 12.9. The van der Waals surface area contributed by atoms with E-state index in [0.717, 1.165) is 11.1 Å². The quantitative estimate of drug-likeness (QED) is 0.417. The van der Waals surface area contributed by atoms with E-state index >= 15 is 0 Å². The van der Waals surface area contributed by atoms with Crippen LogP contribution in [0.25, 0.3) is 17.2 Å². The number of ether oxygens (including phenoxy) is 1. The van der Waals surface area contributed by atoms with Crippen molar-refractivity contribution in [3.63, 3.8) is 0 Å². The van der Waals surface area contributed by atoms with Crippen LogP contribution in [0.4, 0.5) is 10.6 Å². The first-order chi connectivity index (χ1) is 18.1. The van der Waals surface area contributed by atoms with Gasteiger partial charge in [0.1, 0.15) is 23.3 Å². The second kappa shape index (κ2) is 10.1. The van der Waals surface area contributed by atoms with Crippen LogP contribution in [0.15, 0.2) is 60.2 Å². The Bertz CT molecular complexity index is 1350. The predicted octanol–water partition coefficient (Wildman–Crippen LogP) is 5.27. The Balaban J connectivity index is 1.31. The van der Waals surface area contributed by atoms with Crippen LogP contribution in [0.3, 0.4) is 0 Å². The van der Waals surface area contributed by atoms with Crippen LogP contribution in [0.1, 0.15) is 50.4 Å². The summed E-state index contributed by atoms with van der Waals surface area (Å²) in [4.78, 5) is 21.2. The topological polar surface area (TPSA) is 109 Å². The molecule has 8 nitrogen and oxygen atoms in total. The van der Waals surface area contributed by atoms with Gasteiger partial charge in [0.15, 0.2) is 0 Å². The fourth-order valence-electron chi connectivity index (χ4n) is 4.69. The number of nitrogen functional groups attached to an aromatic ring is 1. The Morgan fingerprint density at radius 3 is 2.26 bits per heavy atom. The third-order valence-corrected chi connectivity index (χ3v) is 7.64. The number of alkyl carbamates (subject to hydrolysis) is 1. The third kappa shape index (κ3) is 5.01. The number of fused-ring (bicyclic) bond motifs is 3. The molecule has 1 aromatic heterocycles. The highest BCUT2D eigenvalue weighted by molar-refractivity contribution is 6.56. The molecule has 1 saturated heterocycles. The van der Waals surface area contributed by atoms with Crippen LogP contribution in [0, 0.1) is 0 Å². The molecule has 2 aliphatic rings. The Hall–Kier alpha value is -3.40. The summed E-state index contributed by atoms with van der Waals surface area (Å²) in [5, 5.41) is 3.03. The summed E-state index contributed by atoms with van der Waals surface area (Å²) in [6.45, 7) is 8.12. The van der Waals surface area contributed by atoms with Crippen LogP contribution < -0.4 is 11.1 Å². The highest BCUT2D eigenvalue weighted by Gasteiger charge is 2.52. The first-order valence-electron chi connectivity index (χ1n) is 12.5. The largest absolute Gasteiger partial charge is 0.492 e. The van der Waals surface area contributed by atoms with E-state index in [1.165, 1.54) is 17.3 Å². The van der Waals surface area contributed by atoms with Crippen molar-refractivity contribution in [1.29, 1.82) is 0 Å². The number of aromatic nitrogens is 2. The first kappa shape index (κ1) is 26.2. The molecule has 10 heteroatoms. The van der Waals surface area contributed by atoms with Crippen molar-refractivity contribution in [1.82, 2.24) is 15.3 Å². The highest BCUT2D eigenvalue weighted by atomic mass is 35.5. The molecule has 1 aliphatic carbocycles. The van der Waals surface area contributed by atoms with E-state index in [1.807, 2.05) is 52.0 Å². The number of nitrogens with zero attached hydrogens (tertiary/aromatic N) is 2. The molecule has 0 radical (unpaired) electrons. The zero-order valence-electron chi connectivity index (χ0n) is 21.8. The molecule has 0 spiro atoms. The average Bonchev–Trinajstić information content (AvgIpc) is 3.31. The average molecular weight is 533 g/mol. The molecule has 2 aromatic carbocycles. The molecule has 3 aromatic rings. The molecule has 1 aliphatic heterocycles. The summed E-state index contributed by atoms with van der Waals surface area (Å²) in [5.41, 5.74) is 10.5. The third-order valence-electron chi connectivity index (χ3n) is 7.46. The highest BCUT2D eigenvalue weighted by Crippen LogP contribution is 2.44. The van der Waals surface area contributed by atoms with Crippen LogP contribution in [-0.4, -0.2) is 47.5 Å². The molecule has 5 rings (SSSR count). The van der Waals surface area contributed by atoms with E-state index in [2.05, 4.69) is 39.6 Å². The van der Waals surface area contributed by atoms with E-state index in [-0.39, 0.29) is 30.0 Å². The summed E-state index contributed by atoms with van der Waals surface area (Å²) in [5.74, 6) is 0.164. The summed E-state index contributed by atoms with van der Waals surface area (Å²) >= 11 is 6.04. The van der Waals surface area contributed by atoms with E-state index in [4.69, 9.17) is 31.4 Å². The number of carbonyl (C=O) groups is 1. The predicted molar refractivity (Wildman–Crippen MR) is 149 cm³/mol. The normalized spacial score (nSPS) is 17.7. The summed E-state index contributed by atoms with van der Waals surface area (Å²) in [6.07, 6.45) is 2.50. The van der Waals surface area contributed by atoms with Gasteiger partial charge in [0.05, 0.1) is 17.4 Å². The SMILES string of the molecule is CC1(C)OB(C(=Cc2nc(Cl)cnc2N)CNC(=O)OCC2c3ccccc3-c3ccccc32)OC1(C)C. The Morgan fingerprint density at radius 2 is 1.66 bits per heavy atom. The van der Waals surface area contributed by atoms with Gasteiger partial charge in [-0.3, -0.25) is 0 Å². The summed E-state index contributed by atoms with van der Waals surface area (Å²) in [6, 6.07) is 16.4. The van der Waals surface area contributed by atoms with E-state index in [1.54, 1.807) is 6.08 Å². The van der Waals surface area contributed by atoms with Gasteiger partial charge in [-0.05, 0) is 61.5 Å². The van der Waals surface area contributed by atoms with Gasteiger partial charge in [0.25, 0.3) is 0 Å². The van der Waals surface area contributed by atoms with Crippen molar-refractivity contribution in [2.45, 2.75) is 44.8 Å². The van der Waals surface area contributed by atoms with Crippen molar-refractivity contribution in [3.05, 3.63) is 82.2 Å². The molecule has 2 heterocycles. The molecular weight excluding hydrogens is 503 g/mol. The lowest BCUT2D eigenvalue weighted by Gasteiger charge is -2.32. The maximum Gasteiger partial charge on any atom is 0.492 e. The molecule has 1 amide bonds. The molecule has 0 atom stereocenters. The van der Waals surface area contributed by atoms with E-state index < -0.39 is 24.4 Å². The minimum absolute atomic E-state index is 0.0345. The van der Waals surface area contributed by atoms with Gasteiger partial charge in [-0.25, -0.2) is 14.8 Å². The zero-order valence-corrected chi connectivity index (χ0v) is 22.6. The van der Waals surface area contributed by atoms with Crippen molar-refractivity contribution in [2.24, 2.45) is 0 Å². The second-order valence-corrected chi connectivity index (χ2v) is 10.8. The lowest BCUT2D eigenvalue weighted by atomic mass is 9.77. The molecule has 0 saturated carbocycles. The minimum atomic E-state index is -0.742. The van der Waals surface area contributed by atoms with Crippen LogP contribution >= 0.6 is 11.6 Å². The number of hydrogen-bond donors (Lipinski definition) is 2. The molecule has 1 fully saturated rings. The number of amides is 1. The maximum absolute atomic E-state index is 12.9. The fraction of sp³-hybridized carbons (Fsp3) is 0.321.